The van der Waals surface area contributed by atoms with Crippen LogP contribution in [0.5, 0.6) is 0 Å². The highest BCUT2D eigenvalue weighted by molar-refractivity contribution is 7.80. The molecule has 6 heteroatoms. The standard InChI is InChI=1S/C6H6N2O3S/c1-11-5(12)3-2-4(9)8-6(10)7-3/h2H,1H3,(H2,7,8,9,10). The van der Waals surface area contributed by atoms with E-state index in [9.17, 15) is 9.59 Å². The van der Waals surface area contributed by atoms with Crippen LogP contribution in [0.15, 0.2) is 15.7 Å². The Hall–Kier alpha value is -1.43. The van der Waals surface area contributed by atoms with E-state index in [4.69, 9.17) is 12.2 Å². The fourth-order valence-electron chi connectivity index (χ4n) is 0.689. The second-order valence-corrected chi connectivity index (χ2v) is 2.36. The van der Waals surface area contributed by atoms with E-state index in [0.717, 1.165) is 6.07 Å². The highest BCUT2D eigenvalue weighted by Gasteiger charge is 2.01. The second kappa shape index (κ2) is 3.31. The summed E-state index contributed by atoms with van der Waals surface area (Å²) in [5, 5.41) is 0.0817. The molecule has 0 aliphatic carbocycles. The maximum Gasteiger partial charge on any atom is 0.326 e. The van der Waals surface area contributed by atoms with Gasteiger partial charge in [-0.3, -0.25) is 9.78 Å². The van der Waals surface area contributed by atoms with Crippen molar-refractivity contribution < 1.29 is 4.74 Å². The highest BCUT2D eigenvalue weighted by Crippen LogP contribution is 1.90. The van der Waals surface area contributed by atoms with E-state index in [1.54, 1.807) is 0 Å². The van der Waals surface area contributed by atoms with E-state index in [0.29, 0.717) is 0 Å². The first-order valence-electron chi connectivity index (χ1n) is 3.05. The topological polar surface area (TPSA) is 75.0 Å². The normalized spacial score (nSPS) is 9.42. The Kier molecular flexibility index (Phi) is 2.39. The molecule has 5 nitrogen and oxygen atoms in total. The molecule has 0 bridgehead atoms. The second-order valence-electron chi connectivity index (χ2n) is 1.99. The summed E-state index contributed by atoms with van der Waals surface area (Å²) in [7, 11) is 1.36. The molecule has 1 aromatic rings. The molecule has 1 aromatic heterocycles. The van der Waals surface area contributed by atoms with Crippen molar-refractivity contribution in [2.24, 2.45) is 0 Å². The van der Waals surface area contributed by atoms with Gasteiger partial charge in [-0.05, 0) is 12.2 Å². The number of hydrogen-bond acceptors (Lipinski definition) is 4. The van der Waals surface area contributed by atoms with Crippen molar-refractivity contribution >= 4 is 17.3 Å². The monoisotopic (exact) mass is 186 g/mol. The number of methoxy groups -OCH3 is 1. The van der Waals surface area contributed by atoms with Gasteiger partial charge in [0.2, 0.25) is 5.05 Å². The van der Waals surface area contributed by atoms with Crippen molar-refractivity contribution in [2.75, 3.05) is 7.11 Å². The fourth-order valence-corrected chi connectivity index (χ4v) is 0.799. The number of aromatic amines is 2. The Morgan fingerprint density at radius 3 is 2.67 bits per heavy atom. The number of rotatable bonds is 1. The van der Waals surface area contributed by atoms with E-state index in [1.165, 1.54) is 7.11 Å². The minimum atomic E-state index is -0.600. The molecule has 0 saturated carbocycles. The van der Waals surface area contributed by atoms with Crippen LogP contribution >= 0.6 is 12.2 Å². The molecule has 0 aromatic carbocycles. The zero-order valence-corrected chi connectivity index (χ0v) is 7.03. The van der Waals surface area contributed by atoms with Gasteiger partial charge in [-0.25, -0.2) is 4.79 Å². The molecule has 0 aliphatic rings. The van der Waals surface area contributed by atoms with Crippen molar-refractivity contribution in [3.8, 4) is 0 Å². The van der Waals surface area contributed by atoms with Gasteiger partial charge in [0.1, 0.15) is 5.69 Å². The lowest BCUT2D eigenvalue weighted by Crippen LogP contribution is -2.24. The smallest absolute Gasteiger partial charge is 0.326 e. The number of H-pyrrole nitrogens is 2. The third kappa shape index (κ3) is 1.79. The Labute approximate surface area is 72.4 Å². The van der Waals surface area contributed by atoms with Crippen LogP contribution < -0.4 is 11.2 Å². The van der Waals surface area contributed by atoms with Gasteiger partial charge in [-0.1, -0.05) is 0 Å². The molecular formula is C6H6N2O3S. The Morgan fingerprint density at radius 1 is 1.50 bits per heavy atom. The first-order valence-corrected chi connectivity index (χ1v) is 3.46. The molecule has 0 atom stereocenters. The summed E-state index contributed by atoms with van der Waals surface area (Å²) in [6.07, 6.45) is 0. The van der Waals surface area contributed by atoms with Crippen LogP contribution in [0.3, 0.4) is 0 Å². The molecule has 0 amide bonds. The van der Waals surface area contributed by atoms with Crippen molar-refractivity contribution in [3.63, 3.8) is 0 Å². The highest BCUT2D eigenvalue weighted by atomic mass is 32.1. The molecule has 0 saturated heterocycles. The van der Waals surface area contributed by atoms with Gasteiger partial charge < -0.3 is 9.72 Å². The van der Waals surface area contributed by atoms with Crippen LogP contribution in [0.4, 0.5) is 0 Å². The molecule has 1 rings (SSSR count). The maximum absolute atomic E-state index is 10.7. The number of aromatic nitrogens is 2. The van der Waals surface area contributed by atoms with E-state index < -0.39 is 11.2 Å². The summed E-state index contributed by atoms with van der Waals surface area (Å²) in [4.78, 5) is 25.8. The Balaban J connectivity index is 3.27. The van der Waals surface area contributed by atoms with Crippen LogP contribution in [0, 0.1) is 0 Å². The minimum Gasteiger partial charge on any atom is -0.485 e. The van der Waals surface area contributed by atoms with Gasteiger partial charge in [0.15, 0.2) is 0 Å². The third-order valence-corrected chi connectivity index (χ3v) is 1.55. The zero-order valence-electron chi connectivity index (χ0n) is 6.21. The quantitative estimate of drug-likeness (QED) is 0.573. The number of thiocarbonyl (C=S) groups is 1. The maximum atomic E-state index is 10.7. The summed E-state index contributed by atoms with van der Waals surface area (Å²) in [5.74, 6) is 0. The lowest BCUT2D eigenvalue weighted by Gasteiger charge is -1.99. The first kappa shape index (κ1) is 8.66. The lowest BCUT2D eigenvalue weighted by molar-refractivity contribution is 0.414. The Bertz CT molecular complexity index is 377. The van der Waals surface area contributed by atoms with Gasteiger partial charge in [0, 0.05) is 6.07 Å². The number of hydrogen-bond donors (Lipinski definition) is 2. The summed E-state index contributed by atoms with van der Waals surface area (Å²) >= 11 is 4.70. The predicted molar refractivity (Wildman–Crippen MR) is 46.4 cm³/mol. The molecule has 0 unspecified atom stereocenters. The van der Waals surface area contributed by atoms with E-state index >= 15 is 0 Å². The molecule has 1 heterocycles. The fraction of sp³-hybridized carbons (Fsp3) is 0.167. The minimum absolute atomic E-state index is 0.0817. The predicted octanol–water partition coefficient (Wildman–Crippen LogP) is -0.615. The van der Waals surface area contributed by atoms with Gasteiger partial charge >= 0.3 is 5.69 Å². The van der Waals surface area contributed by atoms with Gasteiger partial charge in [0.25, 0.3) is 5.56 Å². The average Bonchev–Trinajstić information content (AvgIpc) is 2.01. The summed E-state index contributed by atoms with van der Waals surface area (Å²) < 4.78 is 4.65. The molecule has 0 radical (unpaired) electrons. The molecule has 64 valence electrons. The van der Waals surface area contributed by atoms with Gasteiger partial charge in [0.05, 0.1) is 7.11 Å². The summed E-state index contributed by atoms with van der Waals surface area (Å²) in [5.41, 5.74) is -0.897. The van der Waals surface area contributed by atoms with Crippen LogP contribution in [-0.2, 0) is 4.74 Å². The summed E-state index contributed by atoms with van der Waals surface area (Å²) in [6, 6.07) is 1.16. The molecule has 0 spiro atoms. The van der Waals surface area contributed by atoms with Crippen molar-refractivity contribution in [1.29, 1.82) is 0 Å². The number of nitrogens with one attached hydrogen (secondary N) is 2. The van der Waals surface area contributed by atoms with Crippen molar-refractivity contribution in [3.05, 3.63) is 32.6 Å². The van der Waals surface area contributed by atoms with E-state index in [1.807, 2.05) is 4.98 Å². The first-order chi connectivity index (χ1) is 5.63. The molecule has 12 heavy (non-hydrogen) atoms. The Morgan fingerprint density at radius 2 is 2.17 bits per heavy atom. The third-order valence-electron chi connectivity index (χ3n) is 1.17. The lowest BCUT2D eigenvalue weighted by atomic mass is 10.4. The molecule has 2 N–H and O–H groups in total. The average molecular weight is 186 g/mol. The van der Waals surface area contributed by atoms with Crippen LogP contribution in [-0.4, -0.2) is 22.1 Å². The van der Waals surface area contributed by atoms with Crippen molar-refractivity contribution in [2.45, 2.75) is 0 Å². The zero-order chi connectivity index (χ0) is 9.14. The van der Waals surface area contributed by atoms with Gasteiger partial charge in [-0.15, -0.1) is 0 Å². The van der Waals surface area contributed by atoms with E-state index in [2.05, 4.69) is 9.72 Å². The largest absolute Gasteiger partial charge is 0.485 e. The SMILES string of the molecule is COC(=S)c1cc(=O)[nH]c(=O)[nH]1. The molecule has 0 aliphatic heterocycles. The van der Waals surface area contributed by atoms with Gasteiger partial charge in [-0.2, -0.15) is 0 Å². The molecular weight excluding hydrogens is 180 g/mol. The van der Waals surface area contributed by atoms with Crippen LogP contribution in [0.1, 0.15) is 5.69 Å². The van der Waals surface area contributed by atoms with Crippen LogP contribution in [0.2, 0.25) is 0 Å². The van der Waals surface area contributed by atoms with E-state index in [-0.39, 0.29) is 10.7 Å². The number of ether oxygens (including phenoxy) is 1. The van der Waals surface area contributed by atoms with Crippen molar-refractivity contribution in [1.82, 2.24) is 9.97 Å². The molecule has 0 fully saturated rings. The summed E-state index contributed by atoms with van der Waals surface area (Å²) in [6.45, 7) is 0. The van der Waals surface area contributed by atoms with Crippen LogP contribution in [0.25, 0.3) is 0 Å².